The lowest BCUT2D eigenvalue weighted by atomic mass is 9.95. The first-order chi connectivity index (χ1) is 10.6. The molecule has 0 saturated carbocycles. The second-order valence-electron chi connectivity index (χ2n) is 5.84. The Morgan fingerprint density at radius 1 is 1.27 bits per heavy atom. The third kappa shape index (κ3) is 4.48. The van der Waals surface area contributed by atoms with Gasteiger partial charge in [-0.05, 0) is 38.2 Å². The lowest BCUT2D eigenvalue weighted by Crippen LogP contribution is -2.44. The first-order valence-electron chi connectivity index (χ1n) is 7.91. The van der Waals surface area contributed by atoms with Crippen LogP contribution in [0.1, 0.15) is 49.3 Å². The highest BCUT2D eigenvalue weighted by Crippen LogP contribution is 2.30. The Bertz CT molecular complexity index is 513. The lowest BCUT2D eigenvalue weighted by Gasteiger charge is -2.36. The Balaban J connectivity index is 1.95. The van der Waals surface area contributed by atoms with E-state index in [9.17, 15) is 9.59 Å². The quantitative estimate of drug-likeness (QED) is 0.821. The van der Waals surface area contributed by atoms with Crippen molar-refractivity contribution in [1.29, 1.82) is 0 Å². The Labute approximate surface area is 131 Å². The topological polar surface area (TPSA) is 69.6 Å². The zero-order chi connectivity index (χ0) is 15.9. The smallest absolute Gasteiger partial charge is 0.317 e. The van der Waals surface area contributed by atoms with E-state index in [-0.39, 0.29) is 18.5 Å². The van der Waals surface area contributed by atoms with Crippen LogP contribution in [0.4, 0.5) is 4.79 Å². The lowest BCUT2D eigenvalue weighted by molar-refractivity contribution is -0.137. The minimum Gasteiger partial charge on any atom is -0.481 e. The molecule has 1 fully saturated rings. The van der Waals surface area contributed by atoms with E-state index in [0.717, 1.165) is 25.8 Å². The second-order valence-corrected chi connectivity index (χ2v) is 5.84. The molecule has 0 spiro atoms. The molecule has 120 valence electrons. The minimum atomic E-state index is -0.829. The molecule has 22 heavy (non-hydrogen) atoms. The van der Waals surface area contributed by atoms with Crippen molar-refractivity contribution in [3.63, 3.8) is 0 Å². The molecule has 1 aromatic carbocycles. The van der Waals surface area contributed by atoms with E-state index in [0.29, 0.717) is 13.0 Å². The summed E-state index contributed by atoms with van der Waals surface area (Å²) in [4.78, 5) is 24.7. The third-order valence-corrected chi connectivity index (χ3v) is 4.07. The molecule has 0 bridgehead atoms. The summed E-state index contributed by atoms with van der Waals surface area (Å²) in [5.41, 5.74) is 2.38. The van der Waals surface area contributed by atoms with E-state index < -0.39 is 5.97 Å². The molecule has 0 radical (unpaired) electrons. The summed E-state index contributed by atoms with van der Waals surface area (Å²) in [5, 5.41) is 11.5. The number of hydrogen-bond acceptors (Lipinski definition) is 2. The van der Waals surface area contributed by atoms with Gasteiger partial charge in [-0.25, -0.2) is 4.79 Å². The molecule has 1 aliphatic heterocycles. The van der Waals surface area contributed by atoms with Crippen LogP contribution in [0.5, 0.6) is 0 Å². The highest BCUT2D eigenvalue weighted by molar-refractivity contribution is 5.75. The van der Waals surface area contributed by atoms with Gasteiger partial charge in [0, 0.05) is 19.5 Å². The molecule has 0 aliphatic carbocycles. The number of aryl methyl sites for hydroxylation is 1. The van der Waals surface area contributed by atoms with Gasteiger partial charge in [0.05, 0.1) is 6.04 Å². The van der Waals surface area contributed by atoms with Gasteiger partial charge < -0.3 is 15.3 Å². The molecular weight excluding hydrogens is 280 g/mol. The van der Waals surface area contributed by atoms with Crippen LogP contribution in [0, 0.1) is 6.92 Å². The summed E-state index contributed by atoms with van der Waals surface area (Å²) in [6, 6.07) is 8.37. The van der Waals surface area contributed by atoms with Crippen molar-refractivity contribution < 1.29 is 14.7 Å². The number of nitrogens with zero attached hydrogens (tertiary/aromatic N) is 1. The largest absolute Gasteiger partial charge is 0.481 e. The maximum absolute atomic E-state index is 12.4. The molecule has 1 atom stereocenters. The number of likely N-dealkylation sites (tertiary alicyclic amines) is 1. The average molecular weight is 304 g/mol. The first-order valence-corrected chi connectivity index (χ1v) is 7.91. The number of aliphatic carboxylic acids is 1. The highest BCUT2D eigenvalue weighted by Gasteiger charge is 2.27. The average Bonchev–Trinajstić information content (AvgIpc) is 2.52. The number of carbonyl (C=O) groups is 2. The van der Waals surface area contributed by atoms with Crippen LogP contribution in [-0.4, -0.2) is 35.1 Å². The maximum atomic E-state index is 12.4. The van der Waals surface area contributed by atoms with E-state index in [1.54, 1.807) is 0 Å². The number of urea groups is 1. The fraction of sp³-hybridized carbons (Fsp3) is 0.529. The van der Waals surface area contributed by atoms with Gasteiger partial charge in [-0.2, -0.15) is 0 Å². The fourth-order valence-electron chi connectivity index (χ4n) is 2.85. The number of carbonyl (C=O) groups excluding carboxylic acids is 1. The van der Waals surface area contributed by atoms with E-state index in [2.05, 4.69) is 36.5 Å². The van der Waals surface area contributed by atoms with Gasteiger partial charge in [0.1, 0.15) is 0 Å². The van der Waals surface area contributed by atoms with E-state index in [1.807, 2.05) is 4.90 Å². The molecule has 1 aromatic rings. The molecule has 1 unspecified atom stereocenters. The molecule has 5 heteroatoms. The van der Waals surface area contributed by atoms with E-state index in [1.165, 1.54) is 11.1 Å². The summed E-state index contributed by atoms with van der Waals surface area (Å²) in [5.74, 6) is -0.829. The molecule has 1 heterocycles. The number of nitrogens with one attached hydrogen (secondary N) is 1. The number of amides is 2. The Morgan fingerprint density at radius 2 is 2.00 bits per heavy atom. The second kappa shape index (κ2) is 7.82. The molecule has 5 nitrogen and oxygen atoms in total. The summed E-state index contributed by atoms with van der Waals surface area (Å²) in [6.07, 6.45) is 3.67. The molecule has 2 amide bonds. The van der Waals surface area contributed by atoms with Crippen LogP contribution < -0.4 is 5.32 Å². The van der Waals surface area contributed by atoms with Crippen molar-refractivity contribution in [1.82, 2.24) is 10.2 Å². The van der Waals surface area contributed by atoms with Crippen LogP contribution >= 0.6 is 0 Å². The number of piperidine rings is 1. The SMILES string of the molecule is Cc1ccc(C2CCCCN2C(=O)NCCCC(=O)O)cc1. The van der Waals surface area contributed by atoms with Crippen LogP contribution in [0.3, 0.4) is 0 Å². The summed E-state index contributed by atoms with van der Waals surface area (Å²) in [7, 11) is 0. The minimum absolute atomic E-state index is 0.0850. The molecular formula is C17H24N2O3. The zero-order valence-electron chi connectivity index (χ0n) is 13.0. The van der Waals surface area contributed by atoms with Crippen LogP contribution in [0.15, 0.2) is 24.3 Å². The summed E-state index contributed by atoms with van der Waals surface area (Å²) >= 11 is 0. The number of rotatable bonds is 5. The summed E-state index contributed by atoms with van der Waals surface area (Å²) < 4.78 is 0. The predicted octanol–water partition coefficient (Wildman–Crippen LogP) is 3.10. The normalized spacial score (nSPS) is 18.0. The molecule has 2 rings (SSSR count). The van der Waals surface area contributed by atoms with Gasteiger partial charge in [0.25, 0.3) is 0 Å². The van der Waals surface area contributed by atoms with Crippen LogP contribution in [-0.2, 0) is 4.79 Å². The molecule has 1 aliphatic rings. The van der Waals surface area contributed by atoms with Gasteiger partial charge in [-0.3, -0.25) is 4.79 Å². The molecule has 1 saturated heterocycles. The Hall–Kier alpha value is -2.04. The van der Waals surface area contributed by atoms with Crippen LogP contribution in [0.25, 0.3) is 0 Å². The van der Waals surface area contributed by atoms with Crippen molar-refractivity contribution >= 4 is 12.0 Å². The first kappa shape index (κ1) is 16.3. The van der Waals surface area contributed by atoms with Crippen LogP contribution in [0.2, 0.25) is 0 Å². The standard InChI is InChI=1S/C17H24N2O3/c1-13-7-9-14(10-8-13)15-5-2-3-12-19(15)17(22)18-11-4-6-16(20)21/h7-10,15H,2-6,11-12H2,1H3,(H,18,22)(H,20,21). The maximum Gasteiger partial charge on any atom is 0.317 e. The Morgan fingerprint density at radius 3 is 2.68 bits per heavy atom. The van der Waals surface area contributed by atoms with Crippen molar-refractivity contribution in [2.75, 3.05) is 13.1 Å². The summed E-state index contributed by atoms with van der Waals surface area (Å²) in [6.45, 7) is 3.21. The highest BCUT2D eigenvalue weighted by atomic mass is 16.4. The van der Waals surface area contributed by atoms with Gasteiger partial charge in [0.2, 0.25) is 0 Å². The van der Waals surface area contributed by atoms with Crippen molar-refractivity contribution in [2.45, 2.75) is 45.1 Å². The fourth-order valence-corrected chi connectivity index (χ4v) is 2.85. The number of carboxylic acids is 1. The third-order valence-electron chi connectivity index (χ3n) is 4.07. The van der Waals surface area contributed by atoms with Gasteiger partial charge >= 0.3 is 12.0 Å². The van der Waals surface area contributed by atoms with Crippen molar-refractivity contribution in [3.8, 4) is 0 Å². The van der Waals surface area contributed by atoms with E-state index >= 15 is 0 Å². The van der Waals surface area contributed by atoms with Gasteiger partial charge in [-0.15, -0.1) is 0 Å². The number of benzene rings is 1. The molecule has 0 aromatic heterocycles. The number of carboxylic acid groups (broad SMARTS) is 1. The van der Waals surface area contributed by atoms with Crippen molar-refractivity contribution in [2.24, 2.45) is 0 Å². The Kier molecular flexibility index (Phi) is 5.81. The predicted molar refractivity (Wildman–Crippen MR) is 84.7 cm³/mol. The van der Waals surface area contributed by atoms with Gasteiger partial charge in [-0.1, -0.05) is 29.8 Å². The zero-order valence-corrected chi connectivity index (χ0v) is 13.0. The van der Waals surface area contributed by atoms with E-state index in [4.69, 9.17) is 5.11 Å². The number of hydrogen-bond donors (Lipinski definition) is 2. The van der Waals surface area contributed by atoms with Crippen molar-refractivity contribution in [3.05, 3.63) is 35.4 Å². The van der Waals surface area contributed by atoms with Gasteiger partial charge in [0.15, 0.2) is 0 Å². The molecule has 2 N–H and O–H groups in total. The monoisotopic (exact) mass is 304 g/mol.